The Morgan fingerprint density at radius 1 is 0.909 bits per heavy atom. The zero-order valence-corrected chi connectivity index (χ0v) is 20.6. The fourth-order valence-corrected chi connectivity index (χ4v) is 9.89. The van der Waals surface area contributed by atoms with Gasteiger partial charge < -0.3 is 0 Å². The average Bonchev–Trinajstić information content (AvgIpc) is 2.72. The standard InChI is InChI=1S/C26H31NO4S2/c1-19-8-10-24(11-9-19)33(30,31)27-26-16-21-12-22(17-26)15-25(14-21,18-26)13-20(2)32(28,29)23-6-4-3-5-7-23/h3-11,21-22,27H,2,12-18H2,1H3/t21-,22+,25?,26?. The van der Waals surface area contributed by atoms with Crippen molar-refractivity contribution in [3.8, 4) is 0 Å². The van der Waals surface area contributed by atoms with Crippen molar-refractivity contribution in [1.82, 2.24) is 4.72 Å². The van der Waals surface area contributed by atoms with E-state index in [1.165, 1.54) is 0 Å². The van der Waals surface area contributed by atoms with E-state index in [-0.39, 0.29) is 20.1 Å². The zero-order chi connectivity index (χ0) is 23.5. The quantitative estimate of drug-likeness (QED) is 0.599. The third-order valence-electron chi connectivity index (χ3n) is 7.87. The van der Waals surface area contributed by atoms with Crippen molar-refractivity contribution in [2.75, 3.05) is 0 Å². The predicted octanol–water partition coefficient (Wildman–Crippen LogP) is 4.99. The Morgan fingerprint density at radius 2 is 1.52 bits per heavy atom. The molecule has 2 aromatic rings. The first-order valence-electron chi connectivity index (χ1n) is 11.6. The Kier molecular flexibility index (Phi) is 5.38. The van der Waals surface area contributed by atoms with E-state index in [1.54, 1.807) is 42.5 Å². The van der Waals surface area contributed by atoms with Gasteiger partial charge in [0, 0.05) is 10.4 Å². The van der Waals surface area contributed by atoms with E-state index in [9.17, 15) is 16.8 Å². The molecule has 4 aliphatic carbocycles. The lowest BCUT2D eigenvalue weighted by Gasteiger charge is -2.62. The summed E-state index contributed by atoms with van der Waals surface area (Å²) in [4.78, 5) is 0.802. The van der Waals surface area contributed by atoms with Crippen LogP contribution < -0.4 is 4.72 Å². The van der Waals surface area contributed by atoms with Gasteiger partial charge in [-0.2, -0.15) is 0 Å². The summed E-state index contributed by atoms with van der Waals surface area (Å²) in [5.74, 6) is 0.832. The maximum atomic E-state index is 13.3. The van der Waals surface area contributed by atoms with Crippen LogP contribution in [0.2, 0.25) is 0 Å². The third-order valence-corrected chi connectivity index (χ3v) is 11.3. The van der Waals surface area contributed by atoms with Crippen molar-refractivity contribution in [2.24, 2.45) is 17.3 Å². The van der Waals surface area contributed by atoms with Gasteiger partial charge in [0.1, 0.15) is 0 Å². The Bertz CT molecular complexity index is 1270. The summed E-state index contributed by atoms with van der Waals surface area (Å²) in [5.41, 5.74) is 0.282. The lowest BCUT2D eigenvalue weighted by molar-refractivity contribution is -0.0720. The summed E-state index contributed by atoms with van der Waals surface area (Å²) in [7, 11) is -7.27. The van der Waals surface area contributed by atoms with E-state index in [0.717, 1.165) is 37.7 Å². The predicted molar refractivity (Wildman–Crippen MR) is 129 cm³/mol. The van der Waals surface area contributed by atoms with Gasteiger partial charge in [-0.25, -0.2) is 21.6 Å². The van der Waals surface area contributed by atoms with Crippen LogP contribution in [0.25, 0.3) is 0 Å². The molecule has 0 amide bonds. The molecular weight excluding hydrogens is 454 g/mol. The normalized spacial score (nSPS) is 30.9. The minimum Gasteiger partial charge on any atom is -0.219 e. The molecule has 2 unspecified atom stereocenters. The van der Waals surface area contributed by atoms with Gasteiger partial charge in [-0.3, -0.25) is 0 Å². The first-order valence-corrected chi connectivity index (χ1v) is 14.6. The van der Waals surface area contributed by atoms with Crippen LogP contribution >= 0.6 is 0 Å². The van der Waals surface area contributed by atoms with Gasteiger partial charge in [0.05, 0.1) is 9.79 Å². The lowest BCUT2D eigenvalue weighted by Crippen LogP contribution is -2.63. The lowest BCUT2D eigenvalue weighted by atomic mass is 9.46. The van der Waals surface area contributed by atoms with Gasteiger partial charge in [-0.15, -0.1) is 0 Å². The number of hydrogen-bond donors (Lipinski definition) is 1. The number of aryl methyl sites for hydroxylation is 1. The molecule has 7 heteroatoms. The summed E-state index contributed by atoms with van der Waals surface area (Å²) < 4.78 is 56.0. The van der Waals surface area contributed by atoms with E-state index in [1.807, 2.05) is 19.1 Å². The van der Waals surface area contributed by atoms with E-state index in [2.05, 4.69) is 11.3 Å². The molecule has 2 aromatic carbocycles. The van der Waals surface area contributed by atoms with Crippen LogP contribution in [0.15, 0.2) is 75.9 Å². The second-order valence-corrected chi connectivity index (χ2v) is 14.4. The number of allylic oxidation sites excluding steroid dienone is 1. The van der Waals surface area contributed by atoms with Crippen molar-refractivity contribution >= 4 is 19.9 Å². The molecule has 4 atom stereocenters. The molecule has 4 saturated carbocycles. The molecule has 4 aliphatic rings. The number of hydrogen-bond acceptors (Lipinski definition) is 4. The monoisotopic (exact) mass is 485 g/mol. The summed E-state index contributed by atoms with van der Waals surface area (Å²) in [5, 5.41) is 0. The molecule has 176 valence electrons. The van der Waals surface area contributed by atoms with Crippen LogP contribution in [0, 0.1) is 24.2 Å². The van der Waals surface area contributed by atoms with E-state index in [0.29, 0.717) is 24.7 Å². The van der Waals surface area contributed by atoms with Crippen LogP contribution in [0.1, 0.15) is 50.5 Å². The molecule has 0 saturated heterocycles. The molecule has 6 rings (SSSR count). The largest absolute Gasteiger partial charge is 0.241 e. The first-order chi connectivity index (χ1) is 15.5. The molecule has 0 radical (unpaired) electrons. The highest BCUT2D eigenvalue weighted by Crippen LogP contribution is 2.64. The van der Waals surface area contributed by atoms with E-state index >= 15 is 0 Å². The fourth-order valence-electron chi connectivity index (χ4n) is 7.12. The summed E-state index contributed by atoms with van der Waals surface area (Å²) in [6.07, 6.45) is 5.71. The maximum Gasteiger partial charge on any atom is 0.241 e. The second-order valence-electron chi connectivity index (χ2n) is 10.7. The number of sulfone groups is 1. The molecule has 1 N–H and O–H groups in total. The molecule has 4 bridgehead atoms. The van der Waals surface area contributed by atoms with Crippen molar-refractivity contribution in [3.63, 3.8) is 0 Å². The van der Waals surface area contributed by atoms with Gasteiger partial charge in [-0.05, 0) is 93.4 Å². The SMILES string of the molecule is C=C(CC12C[C@H]3C[C@@H](C1)CC(NS(=O)(=O)c1ccc(C)cc1)(C3)C2)S(=O)(=O)c1ccccc1. The molecule has 0 aromatic heterocycles. The summed E-state index contributed by atoms with van der Waals surface area (Å²) in [6.45, 7) is 5.94. The van der Waals surface area contributed by atoms with Gasteiger partial charge in [0.2, 0.25) is 19.9 Å². The minimum absolute atomic E-state index is 0.223. The first kappa shape index (κ1) is 22.8. The smallest absolute Gasteiger partial charge is 0.219 e. The van der Waals surface area contributed by atoms with Crippen molar-refractivity contribution in [3.05, 3.63) is 71.6 Å². The topological polar surface area (TPSA) is 80.3 Å². The number of sulfonamides is 1. The summed E-state index contributed by atoms with van der Waals surface area (Å²) >= 11 is 0. The van der Waals surface area contributed by atoms with Crippen LogP contribution in [-0.4, -0.2) is 22.4 Å². The van der Waals surface area contributed by atoms with Gasteiger partial charge in [0.25, 0.3) is 0 Å². The Labute approximate surface area is 197 Å². The van der Waals surface area contributed by atoms with Gasteiger partial charge in [0.15, 0.2) is 0 Å². The van der Waals surface area contributed by atoms with Crippen molar-refractivity contribution in [2.45, 2.75) is 67.2 Å². The van der Waals surface area contributed by atoms with E-state index in [4.69, 9.17) is 0 Å². The Balaban J connectivity index is 1.41. The molecule has 5 nitrogen and oxygen atoms in total. The minimum atomic E-state index is -3.66. The van der Waals surface area contributed by atoms with Crippen LogP contribution in [0.5, 0.6) is 0 Å². The van der Waals surface area contributed by atoms with Crippen LogP contribution in [-0.2, 0) is 19.9 Å². The fraction of sp³-hybridized carbons (Fsp3) is 0.462. The molecule has 33 heavy (non-hydrogen) atoms. The molecule has 0 spiro atoms. The number of rotatable bonds is 7. The molecule has 0 heterocycles. The molecule has 0 aliphatic heterocycles. The highest BCUT2D eigenvalue weighted by molar-refractivity contribution is 7.95. The van der Waals surface area contributed by atoms with Crippen molar-refractivity contribution in [1.29, 1.82) is 0 Å². The number of benzene rings is 2. The second kappa shape index (κ2) is 7.79. The number of nitrogens with one attached hydrogen (secondary N) is 1. The van der Waals surface area contributed by atoms with Crippen LogP contribution in [0.4, 0.5) is 0 Å². The zero-order valence-electron chi connectivity index (χ0n) is 19.0. The summed E-state index contributed by atoms with van der Waals surface area (Å²) in [6, 6.07) is 15.4. The van der Waals surface area contributed by atoms with E-state index < -0.39 is 25.4 Å². The highest BCUT2D eigenvalue weighted by atomic mass is 32.2. The molecular formula is C26H31NO4S2. The maximum absolute atomic E-state index is 13.3. The average molecular weight is 486 g/mol. The Hall–Kier alpha value is -1.96. The third kappa shape index (κ3) is 4.19. The Morgan fingerprint density at radius 3 is 2.12 bits per heavy atom. The molecule has 4 fully saturated rings. The van der Waals surface area contributed by atoms with Gasteiger partial charge >= 0.3 is 0 Å². The van der Waals surface area contributed by atoms with Gasteiger partial charge in [-0.1, -0.05) is 42.5 Å². The van der Waals surface area contributed by atoms with Crippen molar-refractivity contribution < 1.29 is 16.8 Å². The highest BCUT2D eigenvalue weighted by Gasteiger charge is 2.59. The van der Waals surface area contributed by atoms with Crippen LogP contribution in [0.3, 0.4) is 0 Å².